The van der Waals surface area contributed by atoms with E-state index in [4.69, 9.17) is 26.3 Å². The first-order valence-corrected chi connectivity index (χ1v) is 5.27. The zero-order chi connectivity index (χ0) is 12.3. The second-order valence-electron chi connectivity index (χ2n) is 3.28. The second kappa shape index (κ2) is 4.97. The van der Waals surface area contributed by atoms with Gasteiger partial charge in [0.25, 0.3) is 0 Å². The molecular formula is C11H11ClN2O3. The summed E-state index contributed by atoms with van der Waals surface area (Å²) < 4.78 is 10.6. The van der Waals surface area contributed by atoms with Gasteiger partial charge in [-0.3, -0.25) is 0 Å². The third-order valence-electron chi connectivity index (χ3n) is 2.21. The van der Waals surface area contributed by atoms with E-state index in [0.717, 1.165) is 5.56 Å². The zero-order valence-electron chi connectivity index (χ0n) is 9.13. The maximum Gasteiger partial charge on any atom is 0.236 e. The minimum absolute atomic E-state index is 0.222. The van der Waals surface area contributed by atoms with Crippen LogP contribution in [0.15, 0.2) is 30.5 Å². The van der Waals surface area contributed by atoms with E-state index in [1.165, 1.54) is 6.20 Å². The molecule has 0 saturated carbocycles. The van der Waals surface area contributed by atoms with E-state index < -0.39 is 0 Å². The van der Waals surface area contributed by atoms with Crippen molar-refractivity contribution in [2.75, 3.05) is 7.11 Å². The summed E-state index contributed by atoms with van der Waals surface area (Å²) >= 11 is 6.04. The van der Waals surface area contributed by atoms with Gasteiger partial charge in [-0.05, 0) is 12.1 Å². The van der Waals surface area contributed by atoms with Gasteiger partial charge in [0.05, 0.1) is 23.9 Å². The quantitative estimate of drug-likeness (QED) is 0.851. The predicted octanol–water partition coefficient (Wildman–Crippen LogP) is 2.36. The highest BCUT2D eigenvalue weighted by Gasteiger charge is 2.09. The maximum absolute atomic E-state index is 8.98. The van der Waals surface area contributed by atoms with E-state index in [0.29, 0.717) is 21.5 Å². The topological polar surface area (TPSA) is 56.5 Å². The molecule has 0 aliphatic rings. The number of methoxy groups -OCH3 is 1. The van der Waals surface area contributed by atoms with Gasteiger partial charge in [0.15, 0.2) is 0 Å². The van der Waals surface area contributed by atoms with Gasteiger partial charge >= 0.3 is 0 Å². The standard InChI is InChI=1S/C11H11ClN2O3/c1-16-10-4-2-3-9(12)8(10)7-17-11-5-6-14(15)13-11/h2-6,15H,7H2,1H3. The first-order valence-electron chi connectivity index (χ1n) is 4.90. The van der Waals surface area contributed by atoms with Crippen LogP contribution in [-0.4, -0.2) is 22.3 Å². The van der Waals surface area contributed by atoms with Gasteiger partial charge in [0, 0.05) is 6.07 Å². The van der Waals surface area contributed by atoms with Crippen molar-refractivity contribution >= 4 is 11.6 Å². The summed E-state index contributed by atoms with van der Waals surface area (Å²) in [7, 11) is 1.57. The van der Waals surface area contributed by atoms with Crippen LogP contribution in [0.5, 0.6) is 11.6 Å². The van der Waals surface area contributed by atoms with Gasteiger partial charge in [-0.15, -0.1) is 4.85 Å². The van der Waals surface area contributed by atoms with Crippen LogP contribution >= 0.6 is 11.6 Å². The fourth-order valence-electron chi connectivity index (χ4n) is 1.39. The lowest BCUT2D eigenvalue weighted by atomic mass is 10.2. The Hall–Kier alpha value is -1.88. The minimum Gasteiger partial charge on any atom is -0.496 e. The smallest absolute Gasteiger partial charge is 0.236 e. The molecule has 0 aliphatic carbocycles. The lowest BCUT2D eigenvalue weighted by Gasteiger charge is -2.10. The zero-order valence-corrected chi connectivity index (χ0v) is 9.89. The minimum atomic E-state index is 0.222. The molecule has 1 aromatic heterocycles. The summed E-state index contributed by atoms with van der Waals surface area (Å²) in [6, 6.07) is 6.90. The molecule has 0 saturated heterocycles. The summed E-state index contributed by atoms with van der Waals surface area (Å²) in [6.45, 7) is 0.222. The van der Waals surface area contributed by atoms with Crippen molar-refractivity contribution in [1.82, 2.24) is 9.94 Å². The molecule has 90 valence electrons. The largest absolute Gasteiger partial charge is 0.496 e. The number of nitrogens with zero attached hydrogens (tertiary/aromatic N) is 2. The Balaban J connectivity index is 2.13. The number of aromatic nitrogens is 2. The Bertz CT molecular complexity index is 513. The van der Waals surface area contributed by atoms with Crippen molar-refractivity contribution < 1.29 is 14.7 Å². The van der Waals surface area contributed by atoms with Crippen LogP contribution < -0.4 is 9.47 Å². The Morgan fingerprint density at radius 3 is 2.88 bits per heavy atom. The van der Waals surface area contributed by atoms with E-state index in [1.807, 2.05) is 0 Å². The molecule has 1 aromatic carbocycles. The van der Waals surface area contributed by atoms with E-state index >= 15 is 0 Å². The summed E-state index contributed by atoms with van der Waals surface area (Å²) in [6.07, 6.45) is 1.37. The SMILES string of the molecule is COc1cccc(Cl)c1COc1ccn(O)n1. The molecule has 0 aliphatic heterocycles. The maximum atomic E-state index is 8.98. The fraction of sp³-hybridized carbons (Fsp3) is 0.182. The second-order valence-corrected chi connectivity index (χ2v) is 3.69. The molecule has 2 aromatic rings. The van der Waals surface area contributed by atoms with E-state index in [1.54, 1.807) is 31.4 Å². The monoisotopic (exact) mass is 254 g/mol. The van der Waals surface area contributed by atoms with Gasteiger partial charge < -0.3 is 14.7 Å². The van der Waals surface area contributed by atoms with E-state index in [2.05, 4.69) is 5.10 Å². The van der Waals surface area contributed by atoms with Crippen molar-refractivity contribution in [3.8, 4) is 11.6 Å². The van der Waals surface area contributed by atoms with Gasteiger partial charge in [-0.25, -0.2) is 0 Å². The van der Waals surface area contributed by atoms with Crippen molar-refractivity contribution in [1.29, 1.82) is 0 Å². The number of halogens is 1. The van der Waals surface area contributed by atoms with Crippen LogP contribution in [0.1, 0.15) is 5.56 Å². The van der Waals surface area contributed by atoms with Crippen molar-refractivity contribution in [3.05, 3.63) is 41.0 Å². The molecule has 0 unspecified atom stereocenters. The third kappa shape index (κ3) is 2.62. The number of ether oxygens (including phenoxy) is 2. The molecule has 0 radical (unpaired) electrons. The molecule has 6 heteroatoms. The lowest BCUT2D eigenvalue weighted by molar-refractivity contribution is 0.141. The van der Waals surface area contributed by atoms with Crippen LogP contribution in [0.2, 0.25) is 5.02 Å². The van der Waals surface area contributed by atoms with Crippen LogP contribution in [-0.2, 0) is 6.61 Å². The Labute approximate surface area is 103 Å². The average molecular weight is 255 g/mol. The first-order chi connectivity index (χ1) is 8.20. The van der Waals surface area contributed by atoms with Crippen molar-refractivity contribution in [2.24, 2.45) is 0 Å². The van der Waals surface area contributed by atoms with Gasteiger partial charge in [-0.2, -0.15) is 0 Å². The molecule has 0 atom stereocenters. The predicted molar refractivity (Wildman–Crippen MR) is 61.7 cm³/mol. The molecule has 0 spiro atoms. The number of hydrogen-bond donors (Lipinski definition) is 1. The molecule has 0 amide bonds. The highest BCUT2D eigenvalue weighted by atomic mass is 35.5. The summed E-state index contributed by atoms with van der Waals surface area (Å²) in [4.78, 5) is 0.680. The molecule has 17 heavy (non-hydrogen) atoms. The third-order valence-corrected chi connectivity index (χ3v) is 2.57. The molecule has 5 nitrogen and oxygen atoms in total. The fourth-order valence-corrected chi connectivity index (χ4v) is 1.61. The van der Waals surface area contributed by atoms with Crippen LogP contribution in [0.4, 0.5) is 0 Å². The van der Waals surface area contributed by atoms with Crippen molar-refractivity contribution in [3.63, 3.8) is 0 Å². The summed E-state index contributed by atoms with van der Waals surface area (Å²) in [5.74, 6) is 0.968. The number of rotatable bonds is 4. The van der Waals surface area contributed by atoms with Gasteiger partial charge in [0.1, 0.15) is 12.4 Å². The molecule has 0 bridgehead atoms. The molecule has 2 rings (SSSR count). The molecule has 1 heterocycles. The summed E-state index contributed by atoms with van der Waals surface area (Å²) in [5, 5.41) is 13.2. The Morgan fingerprint density at radius 2 is 2.24 bits per heavy atom. The highest BCUT2D eigenvalue weighted by Crippen LogP contribution is 2.27. The van der Waals surface area contributed by atoms with E-state index in [-0.39, 0.29) is 6.61 Å². The molecule has 1 N–H and O–H groups in total. The Morgan fingerprint density at radius 1 is 1.41 bits per heavy atom. The summed E-state index contributed by atoms with van der Waals surface area (Å²) in [5.41, 5.74) is 0.740. The van der Waals surface area contributed by atoms with Gasteiger partial charge in [0.2, 0.25) is 5.88 Å². The normalized spacial score (nSPS) is 10.2. The first kappa shape index (κ1) is 11.6. The molecular weight excluding hydrogens is 244 g/mol. The highest BCUT2D eigenvalue weighted by molar-refractivity contribution is 6.31. The van der Waals surface area contributed by atoms with Crippen molar-refractivity contribution in [2.45, 2.75) is 6.61 Å². The van der Waals surface area contributed by atoms with E-state index in [9.17, 15) is 0 Å². The van der Waals surface area contributed by atoms with Crippen LogP contribution in [0, 0.1) is 0 Å². The lowest BCUT2D eigenvalue weighted by Crippen LogP contribution is -2.00. The van der Waals surface area contributed by atoms with Gasteiger partial charge in [-0.1, -0.05) is 22.8 Å². The number of hydrogen-bond acceptors (Lipinski definition) is 4. The van der Waals surface area contributed by atoms with Crippen LogP contribution in [0.25, 0.3) is 0 Å². The molecule has 0 fully saturated rings. The number of benzene rings is 1. The average Bonchev–Trinajstić information content (AvgIpc) is 2.73. The Kier molecular flexibility index (Phi) is 3.39. The van der Waals surface area contributed by atoms with Crippen LogP contribution in [0.3, 0.4) is 0 Å².